The number of hydrogen-bond donors (Lipinski definition) is 1. The molecule has 0 saturated heterocycles. The lowest BCUT2D eigenvalue weighted by Crippen LogP contribution is -2.29. The number of nitrogens with zero attached hydrogens (tertiary/aromatic N) is 1. The molecular formula is C19H22N2O3S. The summed E-state index contributed by atoms with van der Waals surface area (Å²) in [5.74, 6) is -0.260. The van der Waals surface area contributed by atoms with Gasteiger partial charge in [-0.3, -0.25) is 4.79 Å². The van der Waals surface area contributed by atoms with E-state index < -0.39 is 10.0 Å². The number of aryl methyl sites for hydroxylation is 2. The van der Waals surface area contributed by atoms with E-state index in [1.165, 1.54) is 16.4 Å². The highest BCUT2D eigenvalue weighted by Gasteiger charge is 2.34. The fourth-order valence-corrected chi connectivity index (χ4v) is 4.24. The summed E-state index contributed by atoms with van der Waals surface area (Å²) in [7, 11) is -1.88. The fraction of sp³-hybridized carbons (Fsp3) is 0.316. The Labute approximate surface area is 148 Å². The number of nitrogens with one attached hydrogen (secondary N) is 1. The molecule has 0 bridgehead atoms. The van der Waals surface area contributed by atoms with Crippen molar-refractivity contribution in [1.29, 1.82) is 0 Å². The van der Waals surface area contributed by atoms with Gasteiger partial charge in [-0.1, -0.05) is 6.07 Å². The Morgan fingerprint density at radius 3 is 2.12 bits per heavy atom. The van der Waals surface area contributed by atoms with Gasteiger partial charge in [0.25, 0.3) is 5.91 Å². The zero-order valence-electron chi connectivity index (χ0n) is 14.6. The summed E-state index contributed by atoms with van der Waals surface area (Å²) in [6, 6.07) is 12.0. The van der Waals surface area contributed by atoms with Crippen LogP contribution in [-0.2, 0) is 10.0 Å². The molecule has 0 unspecified atom stereocenters. The number of sulfonamides is 1. The van der Waals surface area contributed by atoms with Crippen LogP contribution in [0.4, 0.5) is 5.69 Å². The summed E-state index contributed by atoms with van der Waals surface area (Å²) in [6.07, 6.45) is 1.82. The molecule has 1 amide bonds. The van der Waals surface area contributed by atoms with E-state index >= 15 is 0 Å². The summed E-state index contributed by atoms with van der Waals surface area (Å²) in [5.41, 5.74) is 3.29. The van der Waals surface area contributed by atoms with Crippen molar-refractivity contribution in [3.05, 3.63) is 59.2 Å². The van der Waals surface area contributed by atoms with Crippen molar-refractivity contribution in [1.82, 2.24) is 4.31 Å². The van der Waals surface area contributed by atoms with Crippen molar-refractivity contribution in [3.8, 4) is 0 Å². The van der Waals surface area contributed by atoms with Gasteiger partial charge in [0.15, 0.2) is 0 Å². The lowest BCUT2D eigenvalue weighted by molar-refractivity contribution is 0.102. The molecule has 25 heavy (non-hydrogen) atoms. The van der Waals surface area contributed by atoms with Crippen LogP contribution in [0.25, 0.3) is 0 Å². The van der Waals surface area contributed by atoms with Crippen LogP contribution in [0.3, 0.4) is 0 Å². The van der Waals surface area contributed by atoms with E-state index in [-0.39, 0.29) is 16.8 Å². The number of carbonyl (C=O) groups excluding carboxylic acids is 1. The Balaban J connectivity index is 1.76. The van der Waals surface area contributed by atoms with Gasteiger partial charge in [-0.25, -0.2) is 8.42 Å². The van der Waals surface area contributed by atoms with E-state index in [1.807, 2.05) is 32.0 Å². The lowest BCUT2D eigenvalue weighted by Gasteiger charge is -2.16. The number of amides is 1. The monoisotopic (exact) mass is 358 g/mol. The number of anilines is 1. The second kappa shape index (κ2) is 6.61. The Hall–Kier alpha value is -2.18. The molecule has 1 saturated carbocycles. The van der Waals surface area contributed by atoms with Crippen LogP contribution >= 0.6 is 0 Å². The first-order valence-corrected chi connectivity index (χ1v) is 9.69. The fourth-order valence-electron chi connectivity index (χ4n) is 2.83. The van der Waals surface area contributed by atoms with Gasteiger partial charge in [0.2, 0.25) is 10.0 Å². The zero-order valence-corrected chi connectivity index (χ0v) is 15.4. The summed E-state index contributed by atoms with van der Waals surface area (Å²) < 4.78 is 26.4. The van der Waals surface area contributed by atoms with Gasteiger partial charge in [-0.05, 0) is 74.2 Å². The molecule has 0 heterocycles. The van der Waals surface area contributed by atoms with E-state index in [2.05, 4.69) is 5.32 Å². The number of carbonyl (C=O) groups is 1. The maximum Gasteiger partial charge on any atom is 0.255 e. The molecule has 6 heteroatoms. The van der Waals surface area contributed by atoms with Gasteiger partial charge < -0.3 is 5.32 Å². The maximum atomic E-state index is 12.5. The van der Waals surface area contributed by atoms with Gasteiger partial charge in [-0.2, -0.15) is 4.31 Å². The molecule has 2 aromatic carbocycles. The van der Waals surface area contributed by atoms with E-state index in [4.69, 9.17) is 0 Å². The molecule has 132 valence electrons. The van der Waals surface area contributed by atoms with Crippen LogP contribution in [0.2, 0.25) is 0 Å². The molecule has 0 aromatic heterocycles. The summed E-state index contributed by atoms with van der Waals surface area (Å²) in [4.78, 5) is 12.6. The van der Waals surface area contributed by atoms with Crippen LogP contribution in [0.15, 0.2) is 47.4 Å². The SMILES string of the molecule is Cc1cc(C)cc(NC(=O)c2ccc(S(=O)(=O)N(C)C3CC3)cc2)c1. The standard InChI is InChI=1S/C19H22N2O3S/c1-13-10-14(2)12-16(11-13)20-19(22)15-4-8-18(9-5-15)25(23,24)21(3)17-6-7-17/h4-5,8-12,17H,6-7H2,1-3H3,(H,20,22). The minimum absolute atomic E-state index is 0.109. The predicted molar refractivity (Wildman–Crippen MR) is 98.3 cm³/mol. The van der Waals surface area contributed by atoms with E-state index in [9.17, 15) is 13.2 Å². The van der Waals surface area contributed by atoms with Gasteiger partial charge in [0.1, 0.15) is 0 Å². The molecule has 0 atom stereocenters. The molecule has 1 aliphatic rings. The Kier molecular flexibility index (Phi) is 4.67. The first kappa shape index (κ1) is 17.6. The highest BCUT2D eigenvalue weighted by atomic mass is 32.2. The Bertz CT molecular complexity index is 881. The average molecular weight is 358 g/mol. The topological polar surface area (TPSA) is 66.5 Å². The first-order valence-electron chi connectivity index (χ1n) is 8.25. The summed E-state index contributed by atoms with van der Waals surface area (Å²) in [6.45, 7) is 3.94. The Morgan fingerprint density at radius 1 is 1.04 bits per heavy atom. The van der Waals surface area contributed by atoms with Crippen molar-refractivity contribution >= 4 is 21.6 Å². The zero-order chi connectivity index (χ0) is 18.2. The third-order valence-corrected chi connectivity index (χ3v) is 6.26. The second-order valence-electron chi connectivity index (χ2n) is 6.61. The van der Waals surface area contributed by atoms with Crippen LogP contribution in [0, 0.1) is 13.8 Å². The highest BCUT2D eigenvalue weighted by molar-refractivity contribution is 7.89. The van der Waals surface area contributed by atoms with Crippen LogP contribution in [0.1, 0.15) is 34.3 Å². The third-order valence-electron chi connectivity index (χ3n) is 4.33. The second-order valence-corrected chi connectivity index (χ2v) is 8.60. The minimum atomic E-state index is -3.49. The van der Waals surface area contributed by atoms with Crippen LogP contribution in [0.5, 0.6) is 0 Å². The first-order chi connectivity index (χ1) is 11.8. The quantitative estimate of drug-likeness (QED) is 0.891. The average Bonchev–Trinajstić information content (AvgIpc) is 3.38. The summed E-state index contributed by atoms with van der Waals surface area (Å²) >= 11 is 0. The molecule has 0 radical (unpaired) electrons. The largest absolute Gasteiger partial charge is 0.322 e. The normalized spacial score (nSPS) is 14.6. The highest BCUT2D eigenvalue weighted by Crippen LogP contribution is 2.30. The Morgan fingerprint density at radius 2 is 1.60 bits per heavy atom. The van der Waals surface area contributed by atoms with Crippen molar-refractivity contribution in [2.45, 2.75) is 37.6 Å². The molecule has 1 N–H and O–H groups in total. The van der Waals surface area contributed by atoms with Crippen LogP contribution < -0.4 is 5.32 Å². The maximum absolute atomic E-state index is 12.5. The van der Waals surface area contributed by atoms with Crippen molar-refractivity contribution in [2.75, 3.05) is 12.4 Å². The molecule has 1 fully saturated rings. The molecule has 2 aromatic rings. The molecule has 0 aliphatic heterocycles. The molecule has 1 aliphatic carbocycles. The molecule has 5 nitrogen and oxygen atoms in total. The molecule has 0 spiro atoms. The van der Waals surface area contributed by atoms with Gasteiger partial charge in [-0.15, -0.1) is 0 Å². The summed E-state index contributed by atoms with van der Waals surface area (Å²) in [5, 5.41) is 2.85. The van der Waals surface area contributed by atoms with E-state index in [0.29, 0.717) is 5.56 Å². The van der Waals surface area contributed by atoms with Crippen molar-refractivity contribution in [2.24, 2.45) is 0 Å². The third kappa shape index (κ3) is 3.91. The molecule has 3 rings (SSSR count). The predicted octanol–water partition coefficient (Wildman–Crippen LogP) is 3.34. The van der Waals surface area contributed by atoms with Crippen molar-refractivity contribution in [3.63, 3.8) is 0 Å². The lowest BCUT2D eigenvalue weighted by atomic mass is 10.1. The van der Waals surface area contributed by atoms with Gasteiger partial charge >= 0.3 is 0 Å². The number of hydrogen-bond acceptors (Lipinski definition) is 3. The van der Waals surface area contributed by atoms with E-state index in [0.717, 1.165) is 29.7 Å². The van der Waals surface area contributed by atoms with Crippen molar-refractivity contribution < 1.29 is 13.2 Å². The van der Waals surface area contributed by atoms with E-state index in [1.54, 1.807) is 19.2 Å². The number of rotatable bonds is 5. The van der Waals surface area contributed by atoms with Gasteiger partial charge in [0, 0.05) is 24.3 Å². The van der Waals surface area contributed by atoms with Crippen LogP contribution in [-0.4, -0.2) is 31.7 Å². The minimum Gasteiger partial charge on any atom is -0.322 e. The number of benzene rings is 2. The molecular weight excluding hydrogens is 336 g/mol. The van der Waals surface area contributed by atoms with Gasteiger partial charge in [0.05, 0.1) is 4.90 Å². The smallest absolute Gasteiger partial charge is 0.255 e.